The first-order chi connectivity index (χ1) is 13.2. The second-order valence-electron chi connectivity index (χ2n) is 6.84. The first-order valence-corrected chi connectivity index (χ1v) is 9.22. The number of aryl methyl sites for hydroxylation is 2. The number of fused-ring (bicyclic) bond motifs is 1. The highest BCUT2D eigenvalue weighted by Gasteiger charge is 2.16. The Labute approximate surface area is 159 Å². The number of anilines is 1. The molecule has 2 aromatic carbocycles. The van der Waals surface area contributed by atoms with Crippen molar-refractivity contribution < 1.29 is 0 Å². The number of rotatable bonds is 5. The monoisotopic (exact) mass is 357 g/mol. The van der Waals surface area contributed by atoms with E-state index >= 15 is 0 Å². The van der Waals surface area contributed by atoms with E-state index in [9.17, 15) is 0 Å². The number of hydrogen-bond donors (Lipinski definition) is 0. The van der Waals surface area contributed by atoms with Gasteiger partial charge in [0.1, 0.15) is 12.1 Å². The maximum Gasteiger partial charge on any atom is 0.168 e. The summed E-state index contributed by atoms with van der Waals surface area (Å²) in [6, 6.07) is 16.9. The first kappa shape index (κ1) is 17.2. The third-order valence-corrected chi connectivity index (χ3v) is 4.69. The molecule has 0 bridgehead atoms. The zero-order valence-electron chi connectivity index (χ0n) is 15.9. The predicted molar refractivity (Wildman–Crippen MR) is 109 cm³/mol. The molecular formula is C22H23N5. The Bertz CT molecular complexity index is 1050. The summed E-state index contributed by atoms with van der Waals surface area (Å²) >= 11 is 0. The molecule has 0 radical (unpaired) electrons. The van der Waals surface area contributed by atoms with Crippen LogP contribution in [0.2, 0.25) is 0 Å². The summed E-state index contributed by atoms with van der Waals surface area (Å²) in [6.45, 7) is 8.00. The van der Waals surface area contributed by atoms with Crippen LogP contribution in [0.4, 0.5) is 5.82 Å². The van der Waals surface area contributed by atoms with Gasteiger partial charge in [0.05, 0.1) is 17.3 Å². The highest BCUT2D eigenvalue weighted by molar-refractivity contribution is 5.87. The van der Waals surface area contributed by atoms with Crippen molar-refractivity contribution >= 4 is 16.9 Å². The summed E-state index contributed by atoms with van der Waals surface area (Å²) in [5.41, 5.74) is 5.53. The Morgan fingerprint density at radius 3 is 2.41 bits per heavy atom. The van der Waals surface area contributed by atoms with E-state index in [-0.39, 0.29) is 0 Å². The molecule has 2 heterocycles. The number of benzene rings is 2. The van der Waals surface area contributed by atoms with Crippen molar-refractivity contribution in [3.63, 3.8) is 0 Å². The molecule has 0 N–H and O–H groups in total. The molecule has 27 heavy (non-hydrogen) atoms. The van der Waals surface area contributed by atoms with Crippen LogP contribution in [0.15, 0.2) is 61.1 Å². The van der Waals surface area contributed by atoms with E-state index in [2.05, 4.69) is 83.2 Å². The minimum Gasteiger partial charge on any atom is -0.352 e. The van der Waals surface area contributed by atoms with Gasteiger partial charge >= 0.3 is 0 Å². The maximum absolute atomic E-state index is 4.62. The van der Waals surface area contributed by atoms with Crippen LogP contribution in [0.25, 0.3) is 16.7 Å². The lowest BCUT2D eigenvalue weighted by Gasteiger charge is -2.22. The molecule has 0 amide bonds. The summed E-state index contributed by atoms with van der Waals surface area (Å²) < 4.78 is 1.90. The van der Waals surface area contributed by atoms with Gasteiger partial charge in [-0.25, -0.2) is 14.6 Å². The zero-order valence-corrected chi connectivity index (χ0v) is 15.9. The van der Waals surface area contributed by atoms with Gasteiger partial charge in [-0.3, -0.25) is 0 Å². The van der Waals surface area contributed by atoms with Crippen molar-refractivity contribution in [2.75, 3.05) is 11.4 Å². The lowest BCUT2D eigenvalue weighted by atomic mass is 10.1. The highest BCUT2D eigenvalue weighted by atomic mass is 15.3. The van der Waals surface area contributed by atoms with Gasteiger partial charge < -0.3 is 4.90 Å². The average Bonchev–Trinajstić information content (AvgIpc) is 3.10. The predicted octanol–water partition coefficient (Wildman–Crippen LogP) is 4.46. The van der Waals surface area contributed by atoms with Gasteiger partial charge in [-0.05, 0) is 49.6 Å². The van der Waals surface area contributed by atoms with Crippen LogP contribution >= 0.6 is 0 Å². The van der Waals surface area contributed by atoms with Crippen LogP contribution < -0.4 is 4.90 Å². The number of hydrogen-bond acceptors (Lipinski definition) is 4. The Morgan fingerprint density at radius 1 is 0.963 bits per heavy atom. The fourth-order valence-electron chi connectivity index (χ4n) is 3.49. The normalized spacial score (nSPS) is 11.1. The Balaban J connectivity index is 1.78. The zero-order chi connectivity index (χ0) is 18.8. The molecule has 0 aliphatic carbocycles. The molecule has 0 spiro atoms. The van der Waals surface area contributed by atoms with Crippen molar-refractivity contribution in [2.45, 2.75) is 27.3 Å². The van der Waals surface area contributed by atoms with Crippen molar-refractivity contribution in [2.24, 2.45) is 0 Å². The van der Waals surface area contributed by atoms with Crippen LogP contribution in [-0.2, 0) is 6.54 Å². The quantitative estimate of drug-likeness (QED) is 0.529. The summed E-state index contributed by atoms with van der Waals surface area (Å²) in [6.07, 6.45) is 3.50. The molecule has 136 valence electrons. The molecule has 0 atom stereocenters. The third kappa shape index (κ3) is 3.40. The fourth-order valence-corrected chi connectivity index (χ4v) is 3.49. The smallest absolute Gasteiger partial charge is 0.168 e. The maximum atomic E-state index is 4.62. The molecule has 4 rings (SSSR count). The third-order valence-electron chi connectivity index (χ3n) is 4.69. The summed E-state index contributed by atoms with van der Waals surface area (Å²) in [7, 11) is 0. The van der Waals surface area contributed by atoms with Crippen LogP contribution in [-0.4, -0.2) is 26.3 Å². The Morgan fingerprint density at radius 2 is 1.70 bits per heavy atom. The van der Waals surface area contributed by atoms with Crippen LogP contribution in [0, 0.1) is 13.8 Å². The second kappa shape index (κ2) is 7.19. The van der Waals surface area contributed by atoms with E-state index in [1.165, 1.54) is 16.7 Å². The van der Waals surface area contributed by atoms with E-state index in [0.29, 0.717) is 0 Å². The van der Waals surface area contributed by atoms with E-state index in [1.807, 2.05) is 16.9 Å². The van der Waals surface area contributed by atoms with Gasteiger partial charge in [0, 0.05) is 13.1 Å². The lowest BCUT2D eigenvalue weighted by Crippen LogP contribution is -2.23. The minimum atomic E-state index is 0.804. The van der Waals surface area contributed by atoms with Gasteiger partial charge in [-0.15, -0.1) is 0 Å². The molecule has 0 aliphatic heterocycles. The molecular weight excluding hydrogens is 334 g/mol. The molecule has 0 aliphatic rings. The van der Waals surface area contributed by atoms with E-state index in [4.69, 9.17) is 0 Å². The van der Waals surface area contributed by atoms with Crippen molar-refractivity contribution in [1.82, 2.24) is 19.7 Å². The largest absolute Gasteiger partial charge is 0.352 e. The van der Waals surface area contributed by atoms with Crippen molar-refractivity contribution in [1.29, 1.82) is 0 Å². The molecule has 0 fully saturated rings. The van der Waals surface area contributed by atoms with Gasteiger partial charge in [0.2, 0.25) is 0 Å². The van der Waals surface area contributed by atoms with Crippen LogP contribution in [0.3, 0.4) is 0 Å². The van der Waals surface area contributed by atoms with Crippen LogP contribution in [0.1, 0.15) is 23.6 Å². The summed E-state index contributed by atoms with van der Waals surface area (Å²) in [4.78, 5) is 11.4. The average molecular weight is 357 g/mol. The number of nitrogens with zero attached hydrogens (tertiary/aromatic N) is 5. The van der Waals surface area contributed by atoms with Crippen molar-refractivity contribution in [3.05, 3.63) is 77.7 Å². The van der Waals surface area contributed by atoms with E-state index in [0.717, 1.165) is 35.6 Å². The standard InChI is InChI=1S/C22H23N5/c1-4-26(14-18-8-6-5-7-9-18)21-20-13-25-27(22(20)24-15-23-21)19-11-16(2)10-17(3)12-19/h5-13,15H,4,14H2,1-3H3. The molecule has 5 nitrogen and oxygen atoms in total. The summed E-state index contributed by atoms with van der Waals surface area (Å²) in [5, 5.41) is 5.59. The Hall–Kier alpha value is -3.21. The van der Waals surface area contributed by atoms with Gasteiger partial charge in [-0.1, -0.05) is 36.4 Å². The number of aromatic nitrogens is 4. The van der Waals surface area contributed by atoms with Crippen LogP contribution in [0.5, 0.6) is 0 Å². The second-order valence-corrected chi connectivity index (χ2v) is 6.84. The van der Waals surface area contributed by atoms with Crippen molar-refractivity contribution in [3.8, 4) is 5.69 Å². The highest BCUT2D eigenvalue weighted by Crippen LogP contribution is 2.26. The van der Waals surface area contributed by atoms with Gasteiger partial charge in [-0.2, -0.15) is 5.10 Å². The molecule has 0 saturated heterocycles. The molecule has 2 aromatic heterocycles. The fraction of sp³-hybridized carbons (Fsp3) is 0.227. The topological polar surface area (TPSA) is 46.8 Å². The van der Waals surface area contributed by atoms with E-state index in [1.54, 1.807) is 6.33 Å². The Kier molecular flexibility index (Phi) is 4.59. The lowest BCUT2D eigenvalue weighted by molar-refractivity contribution is 0.816. The molecule has 4 aromatic rings. The molecule has 0 saturated carbocycles. The molecule has 5 heteroatoms. The summed E-state index contributed by atoms with van der Waals surface area (Å²) in [5.74, 6) is 0.918. The van der Waals surface area contributed by atoms with Gasteiger partial charge in [0.25, 0.3) is 0 Å². The SMILES string of the molecule is CCN(Cc1ccccc1)c1ncnc2c1cnn2-c1cc(C)cc(C)c1. The molecule has 0 unspecified atom stereocenters. The van der Waals surface area contributed by atoms with E-state index < -0.39 is 0 Å². The van der Waals surface area contributed by atoms with Gasteiger partial charge in [0.15, 0.2) is 5.65 Å². The minimum absolute atomic E-state index is 0.804. The first-order valence-electron chi connectivity index (χ1n) is 9.22.